The van der Waals surface area contributed by atoms with Crippen LogP contribution in [-0.4, -0.2) is 60.9 Å². The fourth-order valence-electron chi connectivity index (χ4n) is 5.39. The average molecular weight is 577 g/mol. The number of fused-ring (bicyclic) bond motifs is 2. The van der Waals surface area contributed by atoms with Crippen LogP contribution >= 0.6 is 0 Å². The predicted molar refractivity (Wildman–Crippen MR) is 157 cm³/mol. The summed E-state index contributed by atoms with van der Waals surface area (Å²) in [6.45, 7) is 8.69. The van der Waals surface area contributed by atoms with Crippen LogP contribution in [0.3, 0.4) is 0 Å². The van der Waals surface area contributed by atoms with E-state index in [1.54, 1.807) is 48.8 Å². The lowest BCUT2D eigenvalue weighted by molar-refractivity contribution is -0.136. The molecule has 0 radical (unpaired) electrons. The number of aryl methyl sites for hydroxylation is 1. The molecule has 1 unspecified atom stereocenters. The van der Waals surface area contributed by atoms with Crippen molar-refractivity contribution in [1.82, 2.24) is 30.0 Å². The van der Waals surface area contributed by atoms with Crippen LogP contribution in [0.4, 0.5) is 11.4 Å². The molecule has 12 nitrogen and oxygen atoms in total. The van der Waals surface area contributed by atoms with Crippen LogP contribution in [0.15, 0.2) is 55.0 Å². The summed E-state index contributed by atoms with van der Waals surface area (Å²) in [4.78, 5) is 63.1. The third kappa shape index (κ3) is 5.70. The van der Waals surface area contributed by atoms with E-state index < -0.39 is 29.7 Å². The van der Waals surface area contributed by atoms with Gasteiger partial charge in [-0.05, 0) is 49.6 Å². The summed E-state index contributed by atoms with van der Waals surface area (Å²) in [6, 6.07) is 9.32. The van der Waals surface area contributed by atoms with Crippen LogP contribution in [0.5, 0.6) is 0 Å². The van der Waals surface area contributed by atoms with Gasteiger partial charge in [0.2, 0.25) is 11.8 Å². The number of amides is 4. The Morgan fingerprint density at radius 2 is 1.79 bits per heavy atom. The van der Waals surface area contributed by atoms with E-state index in [0.29, 0.717) is 23.4 Å². The predicted octanol–water partition coefficient (Wildman–Crippen LogP) is 4.12. The van der Waals surface area contributed by atoms with Gasteiger partial charge in [-0.15, -0.1) is 0 Å². The van der Waals surface area contributed by atoms with Crippen LogP contribution in [-0.2, 0) is 16.1 Å². The molecule has 2 aromatic heterocycles. The first kappa shape index (κ1) is 27.7. The summed E-state index contributed by atoms with van der Waals surface area (Å²) in [5.74, 6) is -2.04. The lowest BCUT2D eigenvalue weighted by Gasteiger charge is -2.27. The van der Waals surface area contributed by atoms with Crippen molar-refractivity contribution in [2.75, 3.05) is 11.9 Å². The highest BCUT2D eigenvalue weighted by molar-refractivity contribution is 6.23. The number of rotatable bonds is 10. The molecular weight excluding hydrogens is 548 g/mol. The first-order chi connectivity index (χ1) is 20.9. The van der Waals surface area contributed by atoms with Gasteiger partial charge >= 0.3 is 0 Å². The third-order valence-corrected chi connectivity index (χ3v) is 7.67. The van der Waals surface area contributed by atoms with Gasteiger partial charge in [0.15, 0.2) is 5.69 Å². The number of aromatic nitrogens is 4. The topological polar surface area (TPSA) is 144 Å². The van der Waals surface area contributed by atoms with E-state index in [-0.39, 0.29) is 24.0 Å². The van der Waals surface area contributed by atoms with Crippen molar-refractivity contribution in [2.24, 2.45) is 0 Å². The fourth-order valence-corrected chi connectivity index (χ4v) is 5.39. The maximum absolute atomic E-state index is 13.0. The Labute approximate surface area is 246 Å². The average Bonchev–Trinajstić information content (AvgIpc) is 3.58. The van der Waals surface area contributed by atoms with E-state index in [2.05, 4.69) is 30.5 Å². The second-order valence-corrected chi connectivity index (χ2v) is 10.6. The van der Waals surface area contributed by atoms with Gasteiger partial charge in [-0.1, -0.05) is 18.9 Å². The highest BCUT2D eigenvalue weighted by Gasteiger charge is 2.44. The molecule has 0 saturated carbocycles. The van der Waals surface area contributed by atoms with Crippen molar-refractivity contribution in [3.63, 3.8) is 0 Å². The number of benzene rings is 2. The monoisotopic (exact) mass is 576 g/mol. The molecule has 0 bridgehead atoms. The molecule has 4 amide bonds. The Balaban J connectivity index is 0.949. The molecule has 4 aromatic rings. The highest BCUT2D eigenvalue weighted by atomic mass is 16.2. The zero-order valence-electron chi connectivity index (χ0n) is 23.2. The van der Waals surface area contributed by atoms with Crippen molar-refractivity contribution in [3.8, 4) is 11.3 Å². The second-order valence-electron chi connectivity index (χ2n) is 10.6. The van der Waals surface area contributed by atoms with E-state index >= 15 is 0 Å². The molecule has 43 heavy (non-hydrogen) atoms. The van der Waals surface area contributed by atoms with E-state index in [4.69, 9.17) is 6.57 Å². The number of anilines is 1. The molecule has 4 heterocycles. The molecule has 12 heteroatoms. The van der Waals surface area contributed by atoms with Gasteiger partial charge in [0, 0.05) is 37.0 Å². The zero-order chi connectivity index (χ0) is 29.9. The summed E-state index contributed by atoms with van der Waals surface area (Å²) >= 11 is 0. The Morgan fingerprint density at radius 1 is 0.953 bits per heavy atom. The minimum absolute atomic E-state index is 0.0898. The largest absolute Gasteiger partial charge is 0.385 e. The van der Waals surface area contributed by atoms with Gasteiger partial charge in [-0.2, -0.15) is 5.10 Å². The molecule has 6 rings (SSSR count). The molecule has 2 aromatic carbocycles. The normalized spacial score (nSPS) is 16.3. The molecule has 1 atom stereocenters. The Kier molecular flexibility index (Phi) is 7.61. The number of nitrogens with one attached hydrogen (secondary N) is 2. The minimum atomic E-state index is -0.971. The van der Waals surface area contributed by atoms with E-state index in [0.717, 1.165) is 53.9 Å². The number of nitrogens with zero attached hydrogens (tertiary/aromatic N) is 6. The quantitative estimate of drug-likeness (QED) is 0.163. The lowest BCUT2D eigenvalue weighted by atomic mass is 10.0. The SMILES string of the molecule is [C-]#[N+]c1ccc2ncc(-c3cnn(CCCCCCNc4ccc5c(c4)C(=O)N(C4CCC(=O)NC4=O)C5=O)c3)nc2c1. The number of carbonyl (C=O) groups is 4. The molecular formula is C31H28N8O4. The summed E-state index contributed by atoms with van der Waals surface area (Å²) < 4.78 is 1.90. The van der Waals surface area contributed by atoms with Gasteiger partial charge in [-0.3, -0.25) is 39.1 Å². The Bertz CT molecular complexity index is 1810. The maximum atomic E-state index is 13.0. The van der Waals surface area contributed by atoms with Crippen molar-refractivity contribution in [2.45, 2.75) is 51.1 Å². The van der Waals surface area contributed by atoms with Gasteiger partial charge in [-0.25, -0.2) is 9.83 Å². The molecule has 1 fully saturated rings. The number of hydrogen-bond acceptors (Lipinski definition) is 8. The van der Waals surface area contributed by atoms with Crippen LogP contribution in [0.1, 0.15) is 59.2 Å². The number of carbonyl (C=O) groups excluding carboxylic acids is 4. The molecule has 2 aliphatic rings. The van der Waals surface area contributed by atoms with Crippen molar-refractivity contribution < 1.29 is 19.2 Å². The molecule has 216 valence electrons. The Hall–Kier alpha value is -5.44. The van der Waals surface area contributed by atoms with Gasteiger partial charge in [0.1, 0.15) is 6.04 Å². The number of imide groups is 2. The van der Waals surface area contributed by atoms with E-state index in [9.17, 15) is 19.2 Å². The highest BCUT2D eigenvalue weighted by Crippen LogP contribution is 2.29. The summed E-state index contributed by atoms with van der Waals surface area (Å²) in [7, 11) is 0. The van der Waals surface area contributed by atoms with Crippen LogP contribution in [0.2, 0.25) is 0 Å². The summed E-state index contributed by atoms with van der Waals surface area (Å²) in [6.07, 6.45) is 9.59. The van der Waals surface area contributed by atoms with Crippen LogP contribution in [0, 0.1) is 6.57 Å². The second kappa shape index (κ2) is 11.8. The molecule has 2 N–H and O–H groups in total. The van der Waals surface area contributed by atoms with Crippen LogP contribution in [0.25, 0.3) is 27.1 Å². The van der Waals surface area contributed by atoms with Gasteiger partial charge in [0.25, 0.3) is 11.8 Å². The summed E-state index contributed by atoms with van der Waals surface area (Å²) in [5, 5.41) is 9.98. The first-order valence-electron chi connectivity index (χ1n) is 14.2. The molecule has 2 aliphatic heterocycles. The van der Waals surface area contributed by atoms with Crippen molar-refractivity contribution in [3.05, 3.63) is 77.5 Å². The standard InChI is InChI=1S/C31H28N8O4/c1-32-20-7-9-24-25(15-20)36-26(17-34-24)19-16-35-38(18-19)13-5-3-2-4-12-33-21-6-8-22-23(14-21)31(43)39(30(22)42)27-10-11-28(40)37-29(27)41/h6-9,14-18,27,33H,2-5,10-13H2,(H,37,40,41). The van der Waals surface area contributed by atoms with Crippen molar-refractivity contribution >= 4 is 46.0 Å². The summed E-state index contributed by atoms with van der Waals surface area (Å²) in [5.41, 5.74) is 4.81. The molecule has 0 spiro atoms. The zero-order valence-corrected chi connectivity index (χ0v) is 23.2. The van der Waals surface area contributed by atoms with Gasteiger partial charge in [0.05, 0.1) is 46.8 Å². The number of unbranched alkanes of at least 4 members (excludes halogenated alkanes) is 3. The number of hydrogen-bond donors (Lipinski definition) is 2. The third-order valence-electron chi connectivity index (χ3n) is 7.67. The first-order valence-corrected chi connectivity index (χ1v) is 14.2. The molecule has 0 aliphatic carbocycles. The van der Waals surface area contributed by atoms with Crippen molar-refractivity contribution in [1.29, 1.82) is 0 Å². The minimum Gasteiger partial charge on any atom is -0.385 e. The Morgan fingerprint density at radius 3 is 2.63 bits per heavy atom. The molecule has 1 saturated heterocycles. The lowest BCUT2D eigenvalue weighted by Crippen LogP contribution is -2.54. The smallest absolute Gasteiger partial charge is 0.262 e. The van der Waals surface area contributed by atoms with Crippen LogP contribution < -0.4 is 10.6 Å². The number of piperidine rings is 1. The maximum Gasteiger partial charge on any atom is 0.262 e. The fraction of sp³-hybridized carbons (Fsp3) is 0.290. The van der Waals surface area contributed by atoms with Gasteiger partial charge < -0.3 is 5.32 Å². The van der Waals surface area contributed by atoms with E-state index in [1.807, 2.05) is 10.9 Å². The van der Waals surface area contributed by atoms with E-state index in [1.165, 1.54) is 0 Å².